The zero-order valence-corrected chi connectivity index (χ0v) is 5.97. The highest BCUT2D eigenvalue weighted by Crippen LogP contribution is 1.98. The average molecular weight is 152 g/mol. The maximum atomic E-state index is 9.89. The molecule has 0 heterocycles. The normalized spacial score (nSPS) is 13.4. The molecule has 0 aliphatic rings. The van der Waals surface area contributed by atoms with Crippen LogP contribution < -0.4 is 0 Å². The highest BCUT2D eigenvalue weighted by Gasteiger charge is 2.02. The van der Waals surface area contributed by atoms with Crippen LogP contribution in [0, 0.1) is 0 Å². The van der Waals surface area contributed by atoms with Crippen LogP contribution in [-0.4, -0.2) is 13.0 Å². The number of allylic oxidation sites excluding steroid dienone is 2. The summed E-state index contributed by atoms with van der Waals surface area (Å²) in [4.78, 5) is 0. The van der Waals surface area contributed by atoms with Gasteiger partial charge < -0.3 is 4.18 Å². The summed E-state index contributed by atoms with van der Waals surface area (Å²) < 4.78 is 31.8. The zero-order valence-electron chi connectivity index (χ0n) is 5.16. The Labute approximate surface area is 54.1 Å². The fraction of sp³-hybridized carbons (Fsp3) is 0.500. The molecule has 0 aliphatic carbocycles. The van der Waals surface area contributed by atoms with Crippen molar-refractivity contribution < 1.29 is 17.2 Å². The quantitative estimate of drug-likeness (QED) is 0.468. The number of rotatable bonds is 2. The molecule has 0 atom stereocenters. The van der Waals surface area contributed by atoms with Gasteiger partial charge in [0.15, 0.2) is 0 Å². The Morgan fingerprint density at radius 2 is 2.11 bits per heavy atom. The van der Waals surface area contributed by atoms with Gasteiger partial charge in [0, 0.05) is 0 Å². The van der Waals surface area contributed by atoms with Crippen molar-refractivity contribution in [1.29, 1.82) is 0 Å². The molecule has 0 radical (unpaired) electrons. The van der Waals surface area contributed by atoms with Crippen molar-refractivity contribution in [2.24, 2.45) is 0 Å². The van der Waals surface area contributed by atoms with Gasteiger partial charge in [-0.15, -0.1) is 0 Å². The molecule has 9 heavy (non-hydrogen) atoms. The monoisotopic (exact) mass is 152 g/mol. The molecule has 4 nitrogen and oxygen atoms in total. The number of hydrogen-bond donors (Lipinski definition) is 1. The minimum Gasteiger partial charge on any atom is -0.367 e. The Balaban J connectivity index is 4.07. The molecule has 5 heteroatoms. The third-order valence-electron chi connectivity index (χ3n) is 0.643. The van der Waals surface area contributed by atoms with Crippen LogP contribution in [-0.2, 0) is 14.6 Å². The molecule has 0 bridgehead atoms. The smallest absolute Gasteiger partial charge is 0.367 e. The summed E-state index contributed by atoms with van der Waals surface area (Å²) in [5.41, 5.74) is 0. The van der Waals surface area contributed by atoms with E-state index >= 15 is 0 Å². The van der Waals surface area contributed by atoms with Crippen LogP contribution in [0.1, 0.15) is 13.8 Å². The molecule has 0 aromatic carbocycles. The van der Waals surface area contributed by atoms with Gasteiger partial charge in [-0.2, -0.15) is 8.42 Å². The predicted molar refractivity (Wildman–Crippen MR) is 32.1 cm³/mol. The summed E-state index contributed by atoms with van der Waals surface area (Å²) in [6.45, 7) is 3.02. The van der Waals surface area contributed by atoms with E-state index in [2.05, 4.69) is 4.18 Å². The Hall–Kier alpha value is -0.550. The maximum absolute atomic E-state index is 9.89. The van der Waals surface area contributed by atoms with E-state index in [4.69, 9.17) is 4.55 Å². The topological polar surface area (TPSA) is 63.6 Å². The second kappa shape index (κ2) is 2.84. The van der Waals surface area contributed by atoms with Crippen LogP contribution in [0.2, 0.25) is 0 Å². The third-order valence-corrected chi connectivity index (χ3v) is 1.12. The SMILES string of the molecule is CC=C(C)OS(=O)(=O)O. The minimum atomic E-state index is -4.30. The van der Waals surface area contributed by atoms with Crippen LogP contribution in [0.5, 0.6) is 0 Å². The van der Waals surface area contributed by atoms with E-state index < -0.39 is 10.4 Å². The van der Waals surface area contributed by atoms with E-state index in [0.29, 0.717) is 0 Å². The number of hydrogen-bond acceptors (Lipinski definition) is 3. The zero-order chi connectivity index (χ0) is 7.49. The van der Waals surface area contributed by atoms with E-state index in [1.807, 2.05) is 0 Å². The Bertz CT molecular complexity index is 201. The lowest BCUT2D eigenvalue weighted by molar-refractivity contribution is 0.333. The van der Waals surface area contributed by atoms with Gasteiger partial charge in [0.1, 0.15) is 5.76 Å². The summed E-state index contributed by atoms with van der Waals surface area (Å²) in [5, 5.41) is 0. The summed E-state index contributed by atoms with van der Waals surface area (Å²) in [6.07, 6.45) is 1.42. The van der Waals surface area contributed by atoms with Gasteiger partial charge >= 0.3 is 10.4 Å². The lowest BCUT2D eigenvalue weighted by Crippen LogP contribution is -2.00. The molecule has 0 unspecified atom stereocenters. The van der Waals surface area contributed by atoms with Gasteiger partial charge in [-0.1, -0.05) is 0 Å². The Morgan fingerprint density at radius 3 is 2.22 bits per heavy atom. The molecule has 0 fully saturated rings. The maximum Gasteiger partial charge on any atom is 0.446 e. The molecule has 1 N–H and O–H groups in total. The van der Waals surface area contributed by atoms with Crippen molar-refractivity contribution in [2.45, 2.75) is 13.8 Å². The van der Waals surface area contributed by atoms with E-state index in [-0.39, 0.29) is 5.76 Å². The fourth-order valence-electron chi connectivity index (χ4n) is 0.214. The van der Waals surface area contributed by atoms with Crippen LogP contribution in [0.4, 0.5) is 0 Å². The highest BCUT2D eigenvalue weighted by molar-refractivity contribution is 7.81. The van der Waals surface area contributed by atoms with Crippen molar-refractivity contribution in [3.63, 3.8) is 0 Å². The van der Waals surface area contributed by atoms with E-state index in [0.717, 1.165) is 0 Å². The predicted octanol–water partition coefficient (Wildman–Crippen LogP) is 0.730. The van der Waals surface area contributed by atoms with Gasteiger partial charge in [0.25, 0.3) is 0 Å². The highest BCUT2D eigenvalue weighted by atomic mass is 32.3. The Kier molecular flexibility index (Phi) is 2.66. The first-order valence-electron chi connectivity index (χ1n) is 2.25. The van der Waals surface area contributed by atoms with E-state index in [1.165, 1.54) is 13.0 Å². The molecule has 0 aliphatic heterocycles. The first-order valence-corrected chi connectivity index (χ1v) is 3.62. The van der Waals surface area contributed by atoms with Gasteiger partial charge in [-0.3, -0.25) is 4.55 Å². The lowest BCUT2D eigenvalue weighted by Gasteiger charge is -1.97. The standard InChI is InChI=1S/C4H8O4S/c1-3-4(2)8-9(5,6)7/h3H,1-2H3,(H,5,6,7). The van der Waals surface area contributed by atoms with Gasteiger partial charge in [-0.05, 0) is 19.9 Å². The Morgan fingerprint density at radius 1 is 1.67 bits per heavy atom. The van der Waals surface area contributed by atoms with E-state index in [1.54, 1.807) is 6.92 Å². The molecule has 0 amide bonds. The van der Waals surface area contributed by atoms with Crippen LogP contribution in [0.25, 0.3) is 0 Å². The van der Waals surface area contributed by atoms with Crippen LogP contribution in [0.15, 0.2) is 11.8 Å². The second-order valence-corrected chi connectivity index (χ2v) is 2.43. The summed E-state index contributed by atoms with van der Waals surface area (Å²) in [6, 6.07) is 0. The molecule has 0 saturated heterocycles. The first-order chi connectivity index (χ1) is 3.95. The van der Waals surface area contributed by atoms with Crippen LogP contribution in [0.3, 0.4) is 0 Å². The van der Waals surface area contributed by atoms with E-state index in [9.17, 15) is 8.42 Å². The van der Waals surface area contributed by atoms with Gasteiger partial charge in [0.05, 0.1) is 0 Å². The lowest BCUT2D eigenvalue weighted by atomic mass is 10.5. The van der Waals surface area contributed by atoms with Crippen molar-refractivity contribution >= 4 is 10.4 Å². The molecular weight excluding hydrogens is 144 g/mol. The molecule has 54 valence electrons. The molecule has 0 spiro atoms. The van der Waals surface area contributed by atoms with Gasteiger partial charge in [0.2, 0.25) is 0 Å². The second-order valence-electron chi connectivity index (χ2n) is 1.41. The average Bonchev–Trinajstić information content (AvgIpc) is 1.62. The van der Waals surface area contributed by atoms with Crippen molar-refractivity contribution in [2.75, 3.05) is 0 Å². The molecule has 0 aromatic rings. The van der Waals surface area contributed by atoms with Crippen LogP contribution >= 0.6 is 0 Å². The van der Waals surface area contributed by atoms with Crippen molar-refractivity contribution in [3.05, 3.63) is 11.8 Å². The molecular formula is C4H8O4S. The first kappa shape index (κ1) is 8.45. The molecule has 0 aromatic heterocycles. The largest absolute Gasteiger partial charge is 0.446 e. The molecule has 0 rings (SSSR count). The van der Waals surface area contributed by atoms with Crippen molar-refractivity contribution in [1.82, 2.24) is 0 Å². The summed E-state index contributed by atoms with van der Waals surface area (Å²) in [7, 11) is -4.30. The minimum absolute atomic E-state index is 0.150. The van der Waals surface area contributed by atoms with Crippen molar-refractivity contribution in [3.8, 4) is 0 Å². The summed E-state index contributed by atoms with van der Waals surface area (Å²) in [5.74, 6) is 0.150. The summed E-state index contributed by atoms with van der Waals surface area (Å²) >= 11 is 0. The van der Waals surface area contributed by atoms with Gasteiger partial charge in [-0.25, -0.2) is 0 Å². The molecule has 0 saturated carbocycles. The fourth-order valence-corrected chi connectivity index (χ4v) is 0.643. The third kappa shape index (κ3) is 5.32.